The molecule has 1 aromatic rings. The van der Waals surface area contributed by atoms with Crippen molar-refractivity contribution in [2.45, 2.75) is 0 Å². The minimum atomic E-state index is -1.05. The Bertz CT molecular complexity index is 465. The van der Waals surface area contributed by atoms with Crippen molar-refractivity contribution >= 4 is 12.0 Å². The third kappa shape index (κ3) is 5.57. The standard InChI is InChI=1S/C13H19N3O4/c1-16(9-7-15-13(19)20)8-6-14-12(18)10-4-2-3-5-11(10)17/h2-5,15,17H,6-9H2,1H3,(H,14,18)(H,19,20). The second-order valence-corrected chi connectivity index (χ2v) is 4.31. The number of phenolic OH excluding ortho intramolecular Hbond substituents is 1. The average Bonchev–Trinajstić information content (AvgIpc) is 2.38. The topological polar surface area (TPSA) is 102 Å². The van der Waals surface area contributed by atoms with Gasteiger partial charge >= 0.3 is 6.09 Å². The zero-order chi connectivity index (χ0) is 15.0. The number of carbonyl (C=O) groups excluding carboxylic acids is 1. The summed E-state index contributed by atoms with van der Waals surface area (Å²) >= 11 is 0. The van der Waals surface area contributed by atoms with E-state index in [4.69, 9.17) is 5.11 Å². The van der Waals surface area contributed by atoms with Gasteiger partial charge in [0.2, 0.25) is 0 Å². The molecule has 0 aliphatic heterocycles. The number of amides is 2. The second kappa shape index (κ2) is 8.00. The molecule has 7 nitrogen and oxygen atoms in total. The van der Waals surface area contributed by atoms with Crippen LogP contribution in [0.1, 0.15) is 10.4 Å². The smallest absolute Gasteiger partial charge is 0.404 e. The predicted molar refractivity (Wildman–Crippen MR) is 74.0 cm³/mol. The molecule has 0 aliphatic rings. The number of nitrogens with one attached hydrogen (secondary N) is 2. The number of hydrogen-bond acceptors (Lipinski definition) is 4. The van der Waals surface area contributed by atoms with E-state index in [-0.39, 0.29) is 17.2 Å². The first kappa shape index (κ1) is 15.8. The molecule has 0 atom stereocenters. The van der Waals surface area contributed by atoms with E-state index in [9.17, 15) is 14.7 Å². The zero-order valence-electron chi connectivity index (χ0n) is 11.3. The van der Waals surface area contributed by atoms with Crippen molar-refractivity contribution in [3.63, 3.8) is 0 Å². The van der Waals surface area contributed by atoms with Gasteiger partial charge in [0.05, 0.1) is 5.56 Å². The predicted octanol–water partition coefficient (Wildman–Crippen LogP) is 0.321. The number of hydrogen-bond donors (Lipinski definition) is 4. The Morgan fingerprint density at radius 1 is 1.15 bits per heavy atom. The summed E-state index contributed by atoms with van der Waals surface area (Å²) in [6.45, 7) is 1.88. The number of benzene rings is 1. The van der Waals surface area contributed by atoms with Gasteiger partial charge in [-0.1, -0.05) is 12.1 Å². The van der Waals surface area contributed by atoms with Gasteiger partial charge in [0.25, 0.3) is 5.91 Å². The molecule has 0 unspecified atom stereocenters. The molecule has 0 aliphatic carbocycles. The van der Waals surface area contributed by atoms with Crippen LogP contribution in [0.2, 0.25) is 0 Å². The lowest BCUT2D eigenvalue weighted by atomic mass is 10.2. The summed E-state index contributed by atoms with van der Waals surface area (Å²) in [5.41, 5.74) is 0.239. The van der Waals surface area contributed by atoms with Crippen LogP contribution in [0, 0.1) is 0 Å². The molecule has 0 radical (unpaired) electrons. The minimum Gasteiger partial charge on any atom is -0.507 e. The molecule has 0 heterocycles. The fraction of sp³-hybridized carbons (Fsp3) is 0.385. The summed E-state index contributed by atoms with van der Waals surface area (Å²) < 4.78 is 0. The molecule has 0 saturated carbocycles. The van der Waals surface area contributed by atoms with Crippen molar-refractivity contribution < 1.29 is 19.8 Å². The number of likely N-dealkylation sites (N-methyl/N-ethyl adjacent to an activating group) is 1. The summed E-state index contributed by atoms with van der Waals surface area (Å²) in [4.78, 5) is 23.9. The van der Waals surface area contributed by atoms with Gasteiger partial charge in [0.15, 0.2) is 0 Å². The molecule has 1 rings (SSSR count). The Labute approximate surface area is 117 Å². The van der Waals surface area contributed by atoms with Gasteiger partial charge in [-0.2, -0.15) is 0 Å². The number of nitrogens with zero attached hydrogens (tertiary/aromatic N) is 1. The van der Waals surface area contributed by atoms with Crippen molar-refractivity contribution in [3.05, 3.63) is 29.8 Å². The van der Waals surface area contributed by atoms with Crippen LogP contribution in [-0.2, 0) is 0 Å². The Morgan fingerprint density at radius 2 is 1.75 bits per heavy atom. The van der Waals surface area contributed by atoms with Crippen LogP contribution in [0.4, 0.5) is 4.79 Å². The summed E-state index contributed by atoms with van der Waals surface area (Å²) in [5.74, 6) is -0.385. The molecule has 0 spiro atoms. The lowest BCUT2D eigenvalue weighted by Gasteiger charge is -2.16. The molecule has 110 valence electrons. The lowest BCUT2D eigenvalue weighted by molar-refractivity contribution is 0.0947. The summed E-state index contributed by atoms with van der Waals surface area (Å²) in [5, 5.41) is 22.9. The molecular weight excluding hydrogens is 262 g/mol. The molecule has 0 fully saturated rings. The third-order valence-corrected chi connectivity index (χ3v) is 2.70. The second-order valence-electron chi connectivity index (χ2n) is 4.31. The Kier molecular flexibility index (Phi) is 6.31. The molecule has 4 N–H and O–H groups in total. The number of rotatable bonds is 7. The van der Waals surface area contributed by atoms with E-state index in [1.807, 2.05) is 11.9 Å². The summed E-state index contributed by atoms with van der Waals surface area (Å²) in [6.07, 6.45) is -1.05. The number of phenols is 1. The van der Waals surface area contributed by atoms with Crippen LogP contribution in [0.25, 0.3) is 0 Å². The monoisotopic (exact) mass is 281 g/mol. The van der Waals surface area contributed by atoms with Gasteiger partial charge < -0.3 is 25.7 Å². The maximum Gasteiger partial charge on any atom is 0.404 e. The minimum absolute atomic E-state index is 0.0518. The average molecular weight is 281 g/mol. The number of carbonyl (C=O) groups is 2. The van der Waals surface area contributed by atoms with Crippen LogP contribution in [0.5, 0.6) is 5.75 Å². The molecule has 0 saturated heterocycles. The van der Waals surface area contributed by atoms with E-state index in [0.29, 0.717) is 26.2 Å². The number of aromatic hydroxyl groups is 1. The Balaban J connectivity index is 2.25. The fourth-order valence-electron chi connectivity index (χ4n) is 1.59. The summed E-state index contributed by atoms with van der Waals surface area (Å²) in [7, 11) is 1.83. The normalized spacial score (nSPS) is 10.3. The SMILES string of the molecule is CN(CCNC(=O)O)CCNC(=O)c1ccccc1O. The Hall–Kier alpha value is -2.28. The van der Waals surface area contributed by atoms with E-state index in [2.05, 4.69) is 10.6 Å². The highest BCUT2D eigenvalue weighted by Gasteiger charge is 2.09. The number of carboxylic acid groups (broad SMARTS) is 1. The van der Waals surface area contributed by atoms with Crippen LogP contribution in [-0.4, -0.2) is 60.3 Å². The van der Waals surface area contributed by atoms with Gasteiger partial charge in [-0.25, -0.2) is 4.79 Å². The van der Waals surface area contributed by atoms with E-state index in [1.54, 1.807) is 18.2 Å². The quantitative estimate of drug-likeness (QED) is 0.576. The zero-order valence-corrected chi connectivity index (χ0v) is 11.3. The van der Waals surface area contributed by atoms with Gasteiger partial charge in [-0.3, -0.25) is 4.79 Å². The van der Waals surface area contributed by atoms with Crippen LogP contribution < -0.4 is 10.6 Å². The van der Waals surface area contributed by atoms with Crippen molar-refractivity contribution in [2.75, 3.05) is 33.2 Å². The van der Waals surface area contributed by atoms with Crippen molar-refractivity contribution in [3.8, 4) is 5.75 Å². The van der Waals surface area contributed by atoms with Crippen LogP contribution in [0.3, 0.4) is 0 Å². The molecule has 0 bridgehead atoms. The van der Waals surface area contributed by atoms with Crippen molar-refractivity contribution in [2.24, 2.45) is 0 Å². The molecular formula is C13H19N3O4. The number of para-hydroxylation sites is 1. The molecule has 7 heteroatoms. The highest BCUT2D eigenvalue weighted by Crippen LogP contribution is 2.14. The largest absolute Gasteiger partial charge is 0.507 e. The highest BCUT2D eigenvalue weighted by atomic mass is 16.4. The first-order chi connectivity index (χ1) is 9.50. The van der Waals surface area contributed by atoms with E-state index in [0.717, 1.165) is 0 Å². The van der Waals surface area contributed by atoms with Gasteiger partial charge in [0, 0.05) is 26.2 Å². The van der Waals surface area contributed by atoms with Crippen LogP contribution >= 0.6 is 0 Å². The third-order valence-electron chi connectivity index (χ3n) is 2.70. The maximum absolute atomic E-state index is 11.8. The van der Waals surface area contributed by atoms with E-state index < -0.39 is 6.09 Å². The van der Waals surface area contributed by atoms with Crippen molar-refractivity contribution in [1.82, 2.24) is 15.5 Å². The summed E-state index contributed by atoms with van der Waals surface area (Å²) in [6, 6.07) is 6.33. The first-order valence-electron chi connectivity index (χ1n) is 6.22. The molecule has 20 heavy (non-hydrogen) atoms. The van der Waals surface area contributed by atoms with Gasteiger partial charge in [-0.05, 0) is 19.2 Å². The van der Waals surface area contributed by atoms with Crippen LogP contribution in [0.15, 0.2) is 24.3 Å². The highest BCUT2D eigenvalue weighted by molar-refractivity contribution is 5.96. The first-order valence-corrected chi connectivity index (χ1v) is 6.22. The molecule has 1 aromatic carbocycles. The molecule has 2 amide bonds. The maximum atomic E-state index is 11.8. The fourth-order valence-corrected chi connectivity index (χ4v) is 1.59. The van der Waals surface area contributed by atoms with Crippen molar-refractivity contribution in [1.29, 1.82) is 0 Å². The van der Waals surface area contributed by atoms with E-state index in [1.165, 1.54) is 6.07 Å². The molecule has 0 aromatic heterocycles. The lowest BCUT2D eigenvalue weighted by Crippen LogP contribution is -2.37. The van der Waals surface area contributed by atoms with Gasteiger partial charge in [0.1, 0.15) is 5.75 Å². The van der Waals surface area contributed by atoms with E-state index >= 15 is 0 Å². The Morgan fingerprint density at radius 3 is 2.35 bits per heavy atom. The van der Waals surface area contributed by atoms with Gasteiger partial charge in [-0.15, -0.1) is 0 Å².